The number of aryl methyl sites for hydroxylation is 2. The molecule has 7 heteroatoms. The van der Waals surface area contributed by atoms with Gasteiger partial charge >= 0.3 is 0 Å². The first kappa shape index (κ1) is 15.4. The molecule has 0 aliphatic rings. The third-order valence-electron chi connectivity index (χ3n) is 3.43. The first-order valence-electron chi connectivity index (χ1n) is 7.03. The fourth-order valence-electron chi connectivity index (χ4n) is 2.21. The highest BCUT2D eigenvalue weighted by atomic mass is 32.1. The lowest BCUT2D eigenvalue weighted by atomic mass is 10.2. The van der Waals surface area contributed by atoms with Gasteiger partial charge in [-0.25, -0.2) is 9.37 Å². The molecule has 3 rings (SSSR count). The first-order valence-corrected chi connectivity index (χ1v) is 7.91. The predicted octanol–water partition coefficient (Wildman–Crippen LogP) is 2.93. The summed E-state index contributed by atoms with van der Waals surface area (Å²) in [6.07, 6.45) is 1.49. The monoisotopic (exact) mass is 331 g/mol. The van der Waals surface area contributed by atoms with Gasteiger partial charge in [-0.05, 0) is 36.1 Å². The van der Waals surface area contributed by atoms with Crippen LogP contribution in [0, 0.1) is 12.7 Å². The number of carbonyl (C=O) groups is 1. The van der Waals surface area contributed by atoms with E-state index in [9.17, 15) is 14.0 Å². The Balaban J connectivity index is 1.68. The Morgan fingerprint density at radius 2 is 2.22 bits per heavy atom. The number of carbonyl (C=O) groups excluding carboxylic acids is 1. The number of fused-ring (bicyclic) bond motifs is 1. The molecule has 0 radical (unpaired) electrons. The number of rotatable bonds is 4. The summed E-state index contributed by atoms with van der Waals surface area (Å²) >= 11 is 1.39. The van der Waals surface area contributed by atoms with Gasteiger partial charge in [0.15, 0.2) is 0 Å². The van der Waals surface area contributed by atoms with Gasteiger partial charge in [0.05, 0.1) is 17.4 Å². The number of nitrogens with one attached hydrogen (secondary N) is 1. The van der Waals surface area contributed by atoms with Crippen LogP contribution in [-0.2, 0) is 11.3 Å². The van der Waals surface area contributed by atoms with Crippen molar-refractivity contribution in [3.05, 3.63) is 57.7 Å². The van der Waals surface area contributed by atoms with Gasteiger partial charge in [-0.15, -0.1) is 11.3 Å². The molecule has 23 heavy (non-hydrogen) atoms. The van der Waals surface area contributed by atoms with Gasteiger partial charge in [0.2, 0.25) is 5.91 Å². The number of halogens is 1. The molecule has 2 heterocycles. The summed E-state index contributed by atoms with van der Waals surface area (Å²) in [7, 11) is 0. The van der Waals surface area contributed by atoms with Crippen molar-refractivity contribution < 1.29 is 9.18 Å². The van der Waals surface area contributed by atoms with Crippen molar-refractivity contribution in [2.75, 3.05) is 5.32 Å². The summed E-state index contributed by atoms with van der Waals surface area (Å²) in [6, 6.07) is 6.31. The Hall–Kier alpha value is -2.54. The molecule has 0 saturated heterocycles. The fraction of sp³-hybridized carbons (Fsp3) is 0.188. The molecule has 1 amide bonds. The summed E-state index contributed by atoms with van der Waals surface area (Å²) in [5, 5.41) is 4.86. The molecule has 0 fully saturated rings. The van der Waals surface area contributed by atoms with Crippen molar-refractivity contribution in [3.63, 3.8) is 0 Å². The number of aromatic nitrogens is 2. The Morgan fingerprint density at radius 3 is 3.00 bits per heavy atom. The van der Waals surface area contributed by atoms with E-state index >= 15 is 0 Å². The highest BCUT2D eigenvalue weighted by molar-refractivity contribution is 7.16. The number of hydrogen-bond acceptors (Lipinski definition) is 4. The fourth-order valence-corrected chi connectivity index (χ4v) is 2.93. The van der Waals surface area contributed by atoms with E-state index in [0.29, 0.717) is 10.2 Å². The zero-order valence-corrected chi connectivity index (χ0v) is 13.2. The van der Waals surface area contributed by atoms with Crippen LogP contribution in [0.5, 0.6) is 0 Å². The summed E-state index contributed by atoms with van der Waals surface area (Å²) in [6.45, 7) is 1.96. The van der Waals surface area contributed by atoms with Crippen LogP contribution in [0.3, 0.4) is 0 Å². The average molecular weight is 331 g/mol. The second-order valence-electron chi connectivity index (χ2n) is 5.16. The van der Waals surface area contributed by atoms with Gasteiger partial charge in [-0.3, -0.25) is 14.2 Å². The molecule has 0 aliphatic heterocycles. The van der Waals surface area contributed by atoms with Crippen molar-refractivity contribution in [1.29, 1.82) is 0 Å². The third kappa shape index (κ3) is 3.29. The molecule has 0 aliphatic carbocycles. The number of benzene rings is 1. The highest BCUT2D eigenvalue weighted by Gasteiger charge is 2.09. The van der Waals surface area contributed by atoms with Crippen LogP contribution >= 0.6 is 11.3 Å². The molecule has 118 valence electrons. The van der Waals surface area contributed by atoms with Gasteiger partial charge in [0.1, 0.15) is 10.6 Å². The van der Waals surface area contributed by atoms with Gasteiger partial charge in [0, 0.05) is 13.0 Å². The summed E-state index contributed by atoms with van der Waals surface area (Å²) in [5.41, 5.74) is 0.743. The van der Waals surface area contributed by atoms with E-state index in [1.54, 1.807) is 24.4 Å². The number of thiophene rings is 1. The summed E-state index contributed by atoms with van der Waals surface area (Å²) in [4.78, 5) is 29.0. The van der Waals surface area contributed by atoms with Crippen LogP contribution in [0.25, 0.3) is 10.2 Å². The minimum absolute atomic E-state index is 0.0601. The Labute approximate surface area is 135 Å². The molecule has 0 saturated carbocycles. The van der Waals surface area contributed by atoms with E-state index in [2.05, 4.69) is 10.3 Å². The van der Waals surface area contributed by atoms with Gasteiger partial charge in [-0.2, -0.15) is 0 Å². The number of nitrogens with zero attached hydrogens (tertiary/aromatic N) is 2. The Morgan fingerprint density at radius 1 is 1.39 bits per heavy atom. The van der Waals surface area contributed by atoms with Gasteiger partial charge < -0.3 is 5.32 Å². The minimum atomic E-state index is -0.475. The maximum Gasteiger partial charge on any atom is 0.262 e. The molecule has 0 spiro atoms. The zero-order valence-electron chi connectivity index (χ0n) is 12.4. The molecule has 5 nitrogen and oxygen atoms in total. The smallest absolute Gasteiger partial charge is 0.262 e. The standard InChI is InChI=1S/C16H14FN3O2S/c1-10-2-3-13(12(17)8-10)19-14(21)4-6-20-9-18-15-11(16(20)22)5-7-23-15/h2-3,5,7-9H,4,6H2,1H3,(H,19,21). The Kier molecular flexibility index (Phi) is 4.20. The molecular formula is C16H14FN3O2S. The van der Waals surface area contributed by atoms with E-state index < -0.39 is 5.82 Å². The first-order chi connectivity index (χ1) is 11.0. The SMILES string of the molecule is Cc1ccc(NC(=O)CCn2cnc3sccc3c2=O)c(F)c1. The lowest BCUT2D eigenvalue weighted by Crippen LogP contribution is -2.23. The van der Waals surface area contributed by atoms with Crippen molar-refractivity contribution in [2.24, 2.45) is 0 Å². The van der Waals surface area contributed by atoms with E-state index in [1.807, 2.05) is 0 Å². The van der Waals surface area contributed by atoms with Crippen LogP contribution in [0.1, 0.15) is 12.0 Å². The molecule has 0 unspecified atom stereocenters. The van der Waals surface area contributed by atoms with Crippen LogP contribution in [0.4, 0.5) is 10.1 Å². The van der Waals surface area contributed by atoms with Crippen molar-refractivity contribution in [2.45, 2.75) is 19.9 Å². The van der Waals surface area contributed by atoms with E-state index in [1.165, 1.54) is 34.4 Å². The normalized spacial score (nSPS) is 10.9. The molecule has 1 N–H and O–H groups in total. The van der Waals surface area contributed by atoms with E-state index in [-0.39, 0.29) is 30.1 Å². The topological polar surface area (TPSA) is 64.0 Å². The zero-order chi connectivity index (χ0) is 16.4. The molecule has 0 atom stereocenters. The van der Waals surface area contributed by atoms with Crippen molar-refractivity contribution in [1.82, 2.24) is 9.55 Å². The van der Waals surface area contributed by atoms with E-state index in [4.69, 9.17) is 0 Å². The number of anilines is 1. The quantitative estimate of drug-likeness (QED) is 0.799. The molecule has 2 aromatic heterocycles. The average Bonchev–Trinajstić information content (AvgIpc) is 2.99. The van der Waals surface area contributed by atoms with Crippen LogP contribution in [0.2, 0.25) is 0 Å². The largest absolute Gasteiger partial charge is 0.324 e. The van der Waals surface area contributed by atoms with Crippen molar-refractivity contribution in [3.8, 4) is 0 Å². The molecule has 3 aromatic rings. The second-order valence-corrected chi connectivity index (χ2v) is 6.06. The van der Waals surface area contributed by atoms with Crippen molar-refractivity contribution >= 4 is 33.1 Å². The minimum Gasteiger partial charge on any atom is -0.324 e. The van der Waals surface area contributed by atoms with Gasteiger partial charge in [0.25, 0.3) is 5.56 Å². The van der Waals surface area contributed by atoms with Gasteiger partial charge in [-0.1, -0.05) is 6.07 Å². The number of amides is 1. The lowest BCUT2D eigenvalue weighted by molar-refractivity contribution is -0.116. The molecule has 0 bridgehead atoms. The maximum atomic E-state index is 13.7. The lowest BCUT2D eigenvalue weighted by Gasteiger charge is -2.08. The van der Waals surface area contributed by atoms with Crippen LogP contribution < -0.4 is 10.9 Å². The molecular weight excluding hydrogens is 317 g/mol. The van der Waals surface area contributed by atoms with E-state index in [0.717, 1.165) is 5.56 Å². The van der Waals surface area contributed by atoms with Crippen LogP contribution in [-0.4, -0.2) is 15.5 Å². The maximum absolute atomic E-state index is 13.7. The Bertz CT molecular complexity index is 932. The highest BCUT2D eigenvalue weighted by Crippen LogP contribution is 2.16. The summed E-state index contributed by atoms with van der Waals surface area (Å²) in [5.74, 6) is -0.832. The molecule has 1 aromatic carbocycles. The third-order valence-corrected chi connectivity index (χ3v) is 4.25. The summed E-state index contributed by atoms with van der Waals surface area (Å²) < 4.78 is 15.1. The van der Waals surface area contributed by atoms with Crippen LogP contribution in [0.15, 0.2) is 40.8 Å². The predicted molar refractivity (Wildman–Crippen MR) is 88.3 cm³/mol. The second kappa shape index (κ2) is 6.29. The number of hydrogen-bond donors (Lipinski definition) is 1.